The maximum absolute atomic E-state index is 12.1. The average molecular weight is 340 g/mol. The smallest absolute Gasteiger partial charge is 0.319 e. The van der Waals surface area contributed by atoms with Crippen molar-refractivity contribution in [1.82, 2.24) is 10.2 Å². The number of halogens is 1. The van der Waals surface area contributed by atoms with E-state index in [2.05, 4.69) is 38.5 Å². The van der Waals surface area contributed by atoms with Crippen molar-refractivity contribution in [3.8, 4) is 0 Å². The standard InChI is InChI=1S/C15H22BrN3O/c1-10-8-12(16)9-11(2)14(10)18-15(20)17-13-4-6-19(3)7-5-13/h8-9,13H,4-7H2,1-3H3,(H2,17,18,20). The third kappa shape index (κ3) is 3.96. The Morgan fingerprint density at radius 3 is 2.35 bits per heavy atom. The van der Waals surface area contributed by atoms with Crippen molar-refractivity contribution in [3.05, 3.63) is 27.7 Å². The van der Waals surface area contributed by atoms with Crippen LogP contribution in [0.5, 0.6) is 0 Å². The topological polar surface area (TPSA) is 44.4 Å². The van der Waals surface area contributed by atoms with Crippen LogP contribution in [0.4, 0.5) is 10.5 Å². The van der Waals surface area contributed by atoms with Gasteiger partial charge in [-0.25, -0.2) is 4.79 Å². The number of carbonyl (C=O) groups is 1. The minimum absolute atomic E-state index is 0.104. The monoisotopic (exact) mass is 339 g/mol. The van der Waals surface area contributed by atoms with Crippen LogP contribution < -0.4 is 10.6 Å². The molecule has 0 spiro atoms. The molecule has 5 heteroatoms. The number of amides is 2. The highest BCUT2D eigenvalue weighted by molar-refractivity contribution is 9.10. The first-order valence-electron chi connectivity index (χ1n) is 6.98. The van der Waals surface area contributed by atoms with Crippen LogP contribution in [0.2, 0.25) is 0 Å². The fourth-order valence-electron chi connectivity index (χ4n) is 2.60. The van der Waals surface area contributed by atoms with Gasteiger partial charge >= 0.3 is 6.03 Å². The second-order valence-corrected chi connectivity index (χ2v) is 6.51. The second-order valence-electron chi connectivity index (χ2n) is 5.59. The Hall–Kier alpha value is -1.07. The third-order valence-corrected chi connectivity index (χ3v) is 4.25. The summed E-state index contributed by atoms with van der Waals surface area (Å²) >= 11 is 3.47. The van der Waals surface area contributed by atoms with Gasteiger partial charge in [-0.1, -0.05) is 15.9 Å². The number of rotatable bonds is 2. The molecule has 0 aromatic heterocycles. The molecule has 2 rings (SSSR count). The summed E-state index contributed by atoms with van der Waals surface area (Å²) in [5.41, 5.74) is 3.03. The molecule has 2 amide bonds. The van der Waals surface area contributed by atoms with Crippen LogP contribution in [0.1, 0.15) is 24.0 Å². The number of nitrogens with zero attached hydrogens (tertiary/aromatic N) is 1. The molecule has 0 unspecified atom stereocenters. The van der Waals surface area contributed by atoms with Gasteiger partial charge in [-0.05, 0) is 70.1 Å². The zero-order chi connectivity index (χ0) is 14.7. The molecule has 0 atom stereocenters. The number of anilines is 1. The van der Waals surface area contributed by atoms with Gasteiger partial charge in [0.2, 0.25) is 0 Å². The van der Waals surface area contributed by atoms with Crippen molar-refractivity contribution >= 4 is 27.6 Å². The van der Waals surface area contributed by atoms with Gasteiger partial charge < -0.3 is 15.5 Å². The third-order valence-electron chi connectivity index (χ3n) is 3.79. The summed E-state index contributed by atoms with van der Waals surface area (Å²) in [5.74, 6) is 0. The molecule has 1 aromatic carbocycles. The van der Waals surface area contributed by atoms with Crippen LogP contribution in [0.15, 0.2) is 16.6 Å². The zero-order valence-electron chi connectivity index (χ0n) is 12.3. The number of hydrogen-bond donors (Lipinski definition) is 2. The molecule has 20 heavy (non-hydrogen) atoms. The molecule has 4 nitrogen and oxygen atoms in total. The van der Waals surface area contributed by atoms with Gasteiger partial charge in [-0.2, -0.15) is 0 Å². The molecular formula is C15H22BrN3O. The van der Waals surface area contributed by atoms with Gasteiger partial charge in [0.05, 0.1) is 0 Å². The Morgan fingerprint density at radius 2 is 1.80 bits per heavy atom. The summed E-state index contributed by atoms with van der Waals surface area (Å²) in [6.45, 7) is 6.09. The predicted molar refractivity (Wildman–Crippen MR) is 86.3 cm³/mol. The van der Waals surface area contributed by atoms with E-state index in [9.17, 15) is 4.79 Å². The minimum atomic E-state index is -0.104. The summed E-state index contributed by atoms with van der Waals surface area (Å²) in [6.07, 6.45) is 2.03. The molecular weight excluding hydrogens is 318 g/mol. The number of hydrogen-bond acceptors (Lipinski definition) is 2. The lowest BCUT2D eigenvalue weighted by Gasteiger charge is -2.29. The fourth-order valence-corrected chi connectivity index (χ4v) is 3.28. The number of carbonyl (C=O) groups excluding carboxylic acids is 1. The van der Waals surface area contributed by atoms with E-state index in [4.69, 9.17) is 0 Å². The van der Waals surface area contributed by atoms with Crippen LogP contribution in [-0.2, 0) is 0 Å². The zero-order valence-corrected chi connectivity index (χ0v) is 13.9. The highest BCUT2D eigenvalue weighted by atomic mass is 79.9. The van der Waals surface area contributed by atoms with E-state index in [1.165, 1.54) is 0 Å². The molecule has 1 fully saturated rings. The van der Waals surface area contributed by atoms with E-state index in [0.29, 0.717) is 0 Å². The quantitative estimate of drug-likeness (QED) is 0.868. The van der Waals surface area contributed by atoms with Gasteiger partial charge in [-0.15, -0.1) is 0 Å². The summed E-state index contributed by atoms with van der Waals surface area (Å²) in [6, 6.07) is 4.20. The molecule has 1 aliphatic heterocycles. The van der Waals surface area contributed by atoms with E-state index in [-0.39, 0.29) is 12.1 Å². The first kappa shape index (κ1) is 15.3. The summed E-state index contributed by atoms with van der Waals surface area (Å²) in [4.78, 5) is 14.4. The lowest BCUT2D eigenvalue weighted by molar-refractivity contribution is 0.221. The Bertz CT molecular complexity index is 473. The summed E-state index contributed by atoms with van der Waals surface area (Å²) in [5, 5.41) is 6.05. The molecule has 1 saturated heterocycles. The molecule has 0 bridgehead atoms. The van der Waals surface area contributed by atoms with E-state index < -0.39 is 0 Å². The summed E-state index contributed by atoms with van der Waals surface area (Å²) in [7, 11) is 2.12. The van der Waals surface area contributed by atoms with Gasteiger partial charge in [0, 0.05) is 16.2 Å². The molecule has 1 aliphatic rings. The van der Waals surface area contributed by atoms with E-state index in [1.54, 1.807) is 0 Å². The van der Waals surface area contributed by atoms with Crippen molar-refractivity contribution in [1.29, 1.82) is 0 Å². The van der Waals surface area contributed by atoms with Crippen LogP contribution in [0.25, 0.3) is 0 Å². The second kappa shape index (κ2) is 6.59. The molecule has 1 aromatic rings. The number of likely N-dealkylation sites (tertiary alicyclic amines) is 1. The fraction of sp³-hybridized carbons (Fsp3) is 0.533. The normalized spacial score (nSPS) is 17.0. The number of aryl methyl sites for hydroxylation is 2. The van der Waals surface area contributed by atoms with Gasteiger partial charge in [0.15, 0.2) is 0 Å². The molecule has 1 heterocycles. The van der Waals surface area contributed by atoms with Crippen molar-refractivity contribution < 1.29 is 4.79 Å². The molecule has 110 valence electrons. The Labute approximate surface area is 129 Å². The van der Waals surface area contributed by atoms with Crippen molar-refractivity contribution in [2.24, 2.45) is 0 Å². The summed E-state index contributed by atoms with van der Waals surface area (Å²) < 4.78 is 1.04. The molecule has 2 N–H and O–H groups in total. The number of piperidine rings is 1. The van der Waals surface area contributed by atoms with Crippen molar-refractivity contribution in [2.75, 3.05) is 25.5 Å². The Balaban J connectivity index is 1.95. The SMILES string of the molecule is Cc1cc(Br)cc(C)c1NC(=O)NC1CCN(C)CC1. The Kier molecular flexibility index (Phi) is 5.05. The molecule has 0 aliphatic carbocycles. The van der Waals surface area contributed by atoms with E-state index >= 15 is 0 Å². The highest BCUT2D eigenvalue weighted by Crippen LogP contribution is 2.25. The van der Waals surface area contributed by atoms with Gasteiger partial charge in [0.1, 0.15) is 0 Å². The number of benzene rings is 1. The number of nitrogens with one attached hydrogen (secondary N) is 2. The number of urea groups is 1. The maximum Gasteiger partial charge on any atom is 0.319 e. The van der Waals surface area contributed by atoms with Crippen LogP contribution in [0.3, 0.4) is 0 Å². The molecule has 0 radical (unpaired) electrons. The van der Waals surface area contributed by atoms with Gasteiger partial charge in [0.25, 0.3) is 0 Å². The first-order chi connectivity index (χ1) is 9.45. The lowest BCUT2D eigenvalue weighted by atomic mass is 10.1. The largest absolute Gasteiger partial charge is 0.335 e. The Morgan fingerprint density at radius 1 is 1.25 bits per heavy atom. The lowest BCUT2D eigenvalue weighted by Crippen LogP contribution is -2.45. The highest BCUT2D eigenvalue weighted by Gasteiger charge is 2.18. The van der Waals surface area contributed by atoms with Crippen LogP contribution in [0, 0.1) is 13.8 Å². The van der Waals surface area contributed by atoms with Crippen LogP contribution in [-0.4, -0.2) is 37.1 Å². The predicted octanol–water partition coefficient (Wildman–Crippen LogP) is 3.28. The van der Waals surface area contributed by atoms with E-state index in [1.807, 2.05) is 26.0 Å². The molecule has 0 saturated carbocycles. The van der Waals surface area contributed by atoms with Crippen LogP contribution >= 0.6 is 15.9 Å². The van der Waals surface area contributed by atoms with E-state index in [0.717, 1.165) is 47.2 Å². The maximum atomic E-state index is 12.1. The average Bonchev–Trinajstić information content (AvgIpc) is 2.36. The minimum Gasteiger partial charge on any atom is -0.335 e. The van der Waals surface area contributed by atoms with Gasteiger partial charge in [-0.3, -0.25) is 0 Å². The first-order valence-corrected chi connectivity index (χ1v) is 7.78. The van der Waals surface area contributed by atoms with Crippen molar-refractivity contribution in [2.45, 2.75) is 32.7 Å². The van der Waals surface area contributed by atoms with Crippen molar-refractivity contribution in [3.63, 3.8) is 0 Å².